The SMILES string of the molecule is C=CC(CCCCCCCCCCCCCCCCCCCCCOCCCCCCCCCCCCCCCCCCCCCC(C=C)c1ccccc1)c1ccccc1. The van der Waals surface area contributed by atoms with Crippen LogP contribution in [0.1, 0.15) is 280 Å². The Balaban J connectivity index is 1.14. The molecule has 0 radical (unpaired) electrons. The number of hydrogen-bond donors (Lipinski definition) is 0. The van der Waals surface area contributed by atoms with E-state index in [-0.39, 0.29) is 0 Å². The van der Waals surface area contributed by atoms with Gasteiger partial charge in [0.25, 0.3) is 0 Å². The van der Waals surface area contributed by atoms with Crippen molar-refractivity contribution < 1.29 is 4.74 Å². The first-order valence-corrected chi connectivity index (χ1v) is 27.3. The van der Waals surface area contributed by atoms with Gasteiger partial charge in [-0.05, 0) is 36.8 Å². The highest BCUT2D eigenvalue weighted by Gasteiger charge is 2.07. The molecule has 1 heteroatoms. The van der Waals surface area contributed by atoms with Crippen LogP contribution in [0.25, 0.3) is 0 Å². The topological polar surface area (TPSA) is 9.23 Å². The molecule has 2 unspecified atom stereocenters. The number of unbranched alkanes of at least 4 members (excludes halogenated alkanes) is 36. The van der Waals surface area contributed by atoms with Gasteiger partial charge in [0.15, 0.2) is 0 Å². The van der Waals surface area contributed by atoms with E-state index in [0.717, 1.165) is 13.2 Å². The first-order chi connectivity index (χ1) is 30.3. The van der Waals surface area contributed by atoms with E-state index in [1.165, 1.54) is 268 Å². The average molecular weight is 839 g/mol. The van der Waals surface area contributed by atoms with Crippen molar-refractivity contribution >= 4 is 0 Å². The third kappa shape index (κ3) is 35.0. The lowest BCUT2D eigenvalue weighted by molar-refractivity contribution is 0.125. The van der Waals surface area contributed by atoms with Crippen molar-refractivity contribution in [2.24, 2.45) is 0 Å². The van der Waals surface area contributed by atoms with Crippen LogP contribution in [-0.4, -0.2) is 13.2 Å². The quantitative estimate of drug-likeness (QED) is 0.0476. The molecule has 2 rings (SSSR count). The zero-order valence-corrected chi connectivity index (χ0v) is 40.6. The van der Waals surface area contributed by atoms with E-state index in [4.69, 9.17) is 4.74 Å². The maximum Gasteiger partial charge on any atom is 0.0466 e. The molecule has 2 aromatic rings. The third-order valence-electron chi connectivity index (χ3n) is 13.6. The Kier molecular flexibility index (Phi) is 40.1. The zero-order chi connectivity index (χ0) is 43.2. The lowest BCUT2D eigenvalue weighted by atomic mass is 9.93. The molecule has 0 aliphatic heterocycles. The Morgan fingerprint density at radius 2 is 0.475 bits per heavy atom. The predicted molar refractivity (Wildman–Crippen MR) is 274 cm³/mol. The third-order valence-corrected chi connectivity index (χ3v) is 13.6. The lowest BCUT2D eigenvalue weighted by Crippen LogP contribution is -1.97. The smallest absolute Gasteiger partial charge is 0.0466 e. The number of benzene rings is 2. The molecule has 0 N–H and O–H groups in total. The number of allylic oxidation sites excluding steroid dienone is 2. The molecule has 0 saturated heterocycles. The van der Waals surface area contributed by atoms with Crippen LogP contribution in [0.5, 0.6) is 0 Å². The van der Waals surface area contributed by atoms with Gasteiger partial charge in [0.05, 0.1) is 0 Å². The molecule has 2 aromatic carbocycles. The molecule has 0 spiro atoms. The molecule has 0 saturated carbocycles. The van der Waals surface area contributed by atoms with Crippen molar-refractivity contribution in [3.8, 4) is 0 Å². The van der Waals surface area contributed by atoms with Crippen LogP contribution in [0.15, 0.2) is 86.0 Å². The van der Waals surface area contributed by atoms with Crippen LogP contribution in [0, 0.1) is 0 Å². The lowest BCUT2D eigenvalue weighted by Gasteiger charge is -2.12. The molecule has 0 aliphatic rings. The summed E-state index contributed by atoms with van der Waals surface area (Å²) in [5.74, 6) is 1.06. The van der Waals surface area contributed by atoms with Crippen molar-refractivity contribution in [2.75, 3.05) is 13.2 Å². The second-order valence-corrected chi connectivity index (χ2v) is 19.1. The first-order valence-electron chi connectivity index (χ1n) is 27.3. The Morgan fingerprint density at radius 3 is 0.689 bits per heavy atom. The number of ether oxygens (including phenoxy) is 1. The summed E-state index contributed by atoms with van der Waals surface area (Å²) < 4.78 is 5.95. The Hall–Kier alpha value is -2.12. The molecule has 0 fully saturated rings. The summed E-state index contributed by atoms with van der Waals surface area (Å²) >= 11 is 0. The van der Waals surface area contributed by atoms with Crippen LogP contribution in [0.2, 0.25) is 0 Å². The molecule has 0 aromatic heterocycles. The number of hydrogen-bond acceptors (Lipinski definition) is 1. The molecular weight excluding hydrogens is 737 g/mol. The minimum Gasteiger partial charge on any atom is -0.381 e. The fraction of sp³-hybridized carbons (Fsp3) is 0.733. The van der Waals surface area contributed by atoms with Gasteiger partial charge in [0.1, 0.15) is 0 Å². The van der Waals surface area contributed by atoms with E-state index in [1.54, 1.807) is 0 Å². The molecule has 348 valence electrons. The van der Waals surface area contributed by atoms with Crippen LogP contribution in [0.4, 0.5) is 0 Å². The summed E-state index contributed by atoms with van der Waals surface area (Å²) in [5, 5.41) is 0. The van der Waals surface area contributed by atoms with E-state index in [9.17, 15) is 0 Å². The van der Waals surface area contributed by atoms with Gasteiger partial charge >= 0.3 is 0 Å². The van der Waals surface area contributed by atoms with E-state index in [2.05, 4.69) is 86.0 Å². The standard InChI is InChI=1S/C60H102O/c1-3-57(59-51-43-39-44-52-59)49-41-35-31-27-23-19-15-11-7-5-9-13-17-21-25-29-33-37-47-55-61-56-48-38-34-30-26-22-18-14-10-6-8-12-16-20-24-28-32-36-42-50-58(4-2)60-53-45-40-46-54-60/h3-4,39-40,43-46,51-54,57-58H,1-2,5-38,41-42,47-50,55-56H2. The molecule has 2 atom stereocenters. The van der Waals surface area contributed by atoms with Gasteiger partial charge in [-0.1, -0.05) is 304 Å². The highest BCUT2D eigenvalue weighted by Crippen LogP contribution is 2.25. The van der Waals surface area contributed by atoms with Crippen molar-refractivity contribution in [3.05, 3.63) is 97.1 Å². The van der Waals surface area contributed by atoms with Crippen LogP contribution < -0.4 is 0 Å². The molecule has 0 heterocycles. The molecule has 61 heavy (non-hydrogen) atoms. The monoisotopic (exact) mass is 839 g/mol. The van der Waals surface area contributed by atoms with Crippen molar-refractivity contribution in [1.29, 1.82) is 0 Å². The Morgan fingerprint density at radius 1 is 0.279 bits per heavy atom. The predicted octanol–water partition coefficient (Wildman–Crippen LogP) is 20.5. The molecule has 1 nitrogen and oxygen atoms in total. The minimum atomic E-state index is 0.530. The van der Waals surface area contributed by atoms with Gasteiger partial charge in [0.2, 0.25) is 0 Å². The molecule has 0 amide bonds. The van der Waals surface area contributed by atoms with Crippen LogP contribution >= 0.6 is 0 Å². The van der Waals surface area contributed by atoms with Gasteiger partial charge in [0, 0.05) is 25.0 Å². The second-order valence-electron chi connectivity index (χ2n) is 19.1. The summed E-state index contributed by atoms with van der Waals surface area (Å²) in [5.41, 5.74) is 2.85. The van der Waals surface area contributed by atoms with Gasteiger partial charge < -0.3 is 4.74 Å². The average Bonchev–Trinajstić information content (AvgIpc) is 3.29. The molecule has 0 aliphatic carbocycles. The number of rotatable bonds is 48. The highest BCUT2D eigenvalue weighted by molar-refractivity contribution is 5.23. The van der Waals surface area contributed by atoms with Crippen LogP contribution in [0.3, 0.4) is 0 Å². The normalized spacial score (nSPS) is 12.5. The van der Waals surface area contributed by atoms with Gasteiger partial charge in [-0.3, -0.25) is 0 Å². The summed E-state index contributed by atoms with van der Waals surface area (Å²) in [4.78, 5) is 0. The van der Waals surface area contributed by atoms with Crippen molar-refractivity contribution in [3.63, 3.8) is 0 Å². The van der Waals surface area contributed by atoms with E-state index in [1.807, 2.05) is 0 Å². The molecular formula is C60H102O. The summed E-state index contributed by atoms with van der Waals surface area (Å²) in [6, 6.07) is 21.8. The van der Waals surface area contributed by atoms with Gasteiger partial charge in [-0.2, -0.15) is 0 Å². The highest BCUT2D eigenvalue weighted by atomic mass is 16.5. The van der Waals surface area contributed by atoms with Crippen LogP contribution in [-0.2, 0) is 4.74 Å². The van der Waals surface area contributed by atoms with E-state index in [0.29, 0.717) is 11.8 Å². The summed E-state index contributed by atoms with van der Waals surface area (Å²) in [6.07, 6.45) is 60.8. The van der Waals surface area contributed by atoms with Crippen molar-refractivity contribution in [2.45, 2.75) is 269 Å². The Labute approximate surface area is 382 Å². The Bertz CT molecular complexity index is 1060. The largest absolute Gasteiger partial charge is 0.381 e. The fourth-order valence-electron chi connectivity index (χ4n) is 9.49. The minimum absolute atomic E-state index is 0.530. The fourth-order valence-corrected chi connectivity index (χ4v) is 9.49. The summed E-state index contributed by atoms with van der Waals surface area (Å²) in [6.45, 7) is 10.1. The summed E-state index contributed by atoms with van der Waals surface area (Å²) in [7, 11) is 0. The molecule has 0 bridgehead atoms. The maximum atomic E-state index is 5.95. The zero-order valence-electron chi connectivity index (χ0n) is 40.6. The van der Waals surface area contributed by atoms with E-state index < -0.39 is 0 Å². The van der Waals surface area contributed by atoms with E-state index >= 15 is 0 Å². The van der Waals surface area contributed by atoms with Gasteiger partial charge in [-0.15, -0.1) is 13.2 Å². The maximum absolute atomic E-state index is 5.95. The second kappa shape index (κ2) is 44.5. The van der Waals surface area contributed by atoms with Crippen molar-refractivity contribution in [1.82, 2.24) is 0 Å². The van der Waals surface area contributed by atoms with Gasteiger partial charge in [-0.25, -0.2) is 0 Å². The first kappa shape index (κ1) is 55.0.